The van der Waals surface area contributed by atoms with Gasteiger partial charge in [-0.1, -0.05) is 18.7 Å². The molecule has 2 fully saturated rings. The van der Waals surface area contributed by atoms with Crippen LogP contribution in [-0.4, -0.2) is 57.5 Å². The van der Waals surface area contributed by atoms with Crippen LogP contribution in [0, 0.1) is 17.2 Å². The van der Waals surface area contributed by atoms with Gasteiger partial charge in [0.05, 0.1) is 31.2 Å². The number of hydrogen-bond acceptors (Lipinski definition) is 7. The van der Waals surface area contributed by atoms with E-state index in [1.165, 1.54) is 24.6 Å². The number of aliphatic hydroxyl groups excluding tert-OH is 1. The molecule has 0 aliphatic carbocycles. The zero-order valence-corrected chi connectivity index (χ0v) is 15.6. The van der Waals surface area contributed by atoms with Crippen LogP contribution >= 0.6 is 11.8 Å². The molecule has 2 aliphatic heterocycles. The third-order valence-electron chi connectivity index (χ3n) is 4.91. The number of thioether (sulfide) groups is 1. The molecule has 2 atom stereocenters. The summed E-state index contributed by atoms with van der Waals surface area (Å²) in [7, 11) is 0. The Morgan fingerprint density at radius 2 is 2.16 bits per heavy atom. The normalized spacial score (nSPS) is 22.9. The van der Waals surface area contributed by atoms with E-state index < -0.39 is 6.10 Å². The molecule has 7 nitrogen and oxygen atoms in total. The minimum Gasteiger partial charge on any atom is -0.391 e. The standard InChI is InChI=1S/C17H27N5O2S/c1-13-5-8-21(9-6-13)16-19-20-17(25-12-14(23)4-7-18)22(16)11-15-3-2-10-24-15/h13-15,23H,2-6,8-12H2,1H3/t14-,15?/m1/s1. The second kappa shape index (κ2) is 8.88. The molecule has 2 aliphatic rings. The highest BCUT2D eigenvalue weighted by molar-refractivity contribution is 7.99. The van der Waals surface area contributed by atoms with Gasteiger partial charge in [0.1, 0.15) is 0 Å². The molecule has 0 aromatic carbocycles. The average Bonchev–Trinajstić information content (AvgIpc) is 3.25. The van der Waals surface area contributed by atoms with Crippen molar-refractivity contribution in [1.29, 1.82) is 5.26 Å². The van der Waals surface area contributed by atoms with Crippen LogP contribution < -0.4 is 4.90 Å². The fourth-order valence-electron chi connectivity index (χ4n) is 3.32. The molecule has 3 heterocycles. The zero-order valence-electron chi connectivity index (χ0n) is 14.8. The maximum Gasteiger partial charge on any atom is 0.228 e. The van der Waals surface area contributed by atoms with Gasteiger partial charge >= 0.3 is 0 Å². The van der Waals surface area contributed by atoms with Gasteiger partial charge in [0.2, 0.25) is 5.95 Å². The molecule has 1 unspecified atom stereocenters. The van der Waals surface area contributed by atoms with Gasteiger partial charge in [0, 0.05) is 25.4 Å². The summed E-state index contributed by atoms with van der Waals surface area (Å²) in [5, 5.41) is 28.2. The topological polar surface area (TPSA) is 87.2 Å². The molecule has 1 N–H and O–H groups in total. The molecule has 0 radical (unpaired) electrons. The van der Waals surface area contributed by atoms with Crippen molar-refractivity contribution in [2.24, 2.45) is 5.92 Å². The fourth-order valence-corrected chi connectivity index (χ4v) is 4.19. The highest BCUT2D eigenvalue weighted by Gasteiger charge is 2.26. The molecule has 0 spiro atoms. The van der Waals surface area contributed by atoms with Gasteiger partial charge in [0.15, 0.2) is 5.16 Å². The van der Waals surface area contributed by atoms with Crippen LogP contribution in [0.4, 0.5) is 5.95 Å². The van der Waals surface area contributed by atoms with Crippen LogP contribution in [0.5, 0.6) is 0 Å². The molecule has 0 bridgehead atoms. The van der Waals surface area contributed by atoms with Crippen molar-refractivity contribution in [3.63, 3.8) is 0 Å². The summed E-state index contributed by atoms with van der Waals surface area (Å²) in [6.07, 6.45) is 4.24. The van der Waals surface area contributed by atoms with Gasteiger partial charge in [0.25, 0.3) is 0 Å². The predicted octanol–water partition coefficient (Wildman–Crippen LogP) is 2.06. The third kappa shape index (κ3) is 4.87. The second-order valence-electron chi connectivity index (χ2n) is 7.02. The predicted molar refractivity (Wildman–Crippen MR) is 96.6 cm³/mol. The van der Waals surface area contributed by atoms with Crippen LogP contribution in [0.3, 0.4) is 0 Å². The quantitative estimate of drug-likeness (QED) is 0.740. The largest absolute Gasteiger partial charge is 0.391 e. The minimum absolute atomic E-state index is 0.143. The number of rotatable bonds is 7. The van der Waals surface area contributed by atoms with Crippen LogP contribution in [0.15, 0.2) is 5.16 Å². The van der Waals surface area contributed by atoms with E-state index in [-0.39, 0.29) is 12.5 Å². The van der Waals surface area contributed by atoms with Gasteiger partial charge in [-0.2, -0.15) is 5.26 Å². The highest BCUT2D eigenvalue weighted by Crippen LogP contribution is 2.28. The number of aromatic nitrogens is 3. The molecule has 0 saturated carbocycles. The summed E-state index contributed by atoms with van der Waals surface area (Å²) in [5.41, 5.74) is 0. The van der Waals surface area contributed by atoms with Gasteiger partial charge in [-0.25, -0.2) is 0 Å². The van der Waals surface area contributed by atoms with Crippen molar-refractivity contribution < 1.29 is 9.84 Å². The summed E-state index contributed by atoms with van der Waals surface area (Å²) in [5.74, 6) is 2.13. The van der Waals surface area contributed by atoms with Crippen LogP contribution in [0.2, 0.25) is 0 Å². The summed E-state index contributed by atoms with van der Waals surface area (Å²) < 4.78 is 7.96. The first-order valence-electron chi connectivity index (χ1n) is 9.15. The highest BCUT2D eigenvalue weighted by atomic mass is 32.2. The number of nitrogens with zero attached hydrogens (tertiary/aromatic N) is 5. The van der Waals surface area contributed by atoms with Crippen molar-refractivity contribution in [3.05, 3.63) is 0 Å². The number of aliphatic hydroxyl groups is 1. The van der Waals surface area contributed by atoms with Crippen molar-refractivity contribution >= 4 is 17.7 Å². The van der Waals surface area contributed by atoms with E-state index in [2.05, 4.69) is 26.6 Å². The molecule has 1 aromatic heterocycles. The molecule has 0 amide bonds. The molecule has 1 aromatic rings. The molecule has 2 saturated heterocycles. The monoisotopic (exact) mass is 365 g/mol. The van der Waals surface area contributed by atoms with Crippen molar-refractivity contribution in [1.82, 2.24) is 14.8 Å². The summed E-state index contributed by atoms with van der Waals surface area (Å²) >= 11 is 1.47. The third-order valence-corrected chi connectivity index (χ3v) is 6.02. The summed E-state index contributed by atoms with van der Waals surface area (Å²) in [4.78, 5) is 2.32. The van der Waals surface area contributed by atoms with E-state index in [0.717, 1.165) is 56.1 Å². The lowest BCUT2D eigenvalue weighted by molar-refractivity contribution is 0.0951. The Labute approximate surface area is 153 Å². The second-order valence-corrected chi connectivity index (χ2v) is 8.01. The molecule has 8 heteroatoms. The molecular formula is C17H27N5O2S. The van der Waals surface area contributed by atoms with E-state index >= 15 is 0 Å². The lowest BCUT2D eigenvalue weighted by Gasteiger charge is -2.31. The first-order valence-corrected chi connectivity index (χ1v) is 10.1. The number of anilines is 1. The Bertz CT molecular complexity index is 588. The van der Waals surface area contributed by atoms with E-state index in [1.807, 2.05) is 6.07 Å². The average molecular weight is 366 g/mol. The Balaban J connectivity index is 1.73. The van der Waals surface area contributed by atoms with E-state index in [4.69, 9.17) is 10.00 Å². The van der Waals surface area contributed by atoms with Crippen LogP contribution in [-0.2, 0) is 11.3 Å². The number of hydrogen-bond donors (Lipinski definition) is 1. The zero-order chi connectivity index (χ0) is 17.6. The van der Waals surface area contributed by atoms with Crippen molar-refractivity contribution in [2.75, 3.05) is 30.3 Å². The van der Waals surface area contributed by atoms with Crippen molar-refractivity contribution in [3.8, 4) is 6.07 Å². The number of ether oxygens (including phenoxy) is 1. The number of nitriles is 1. The van der Waals surface area contributed by atoms with Gasteiger partial charge in [-0.15, -0.1) is 10.2 Å². The Morgan fingerprint density at radius 1 is 1.36 bits per heavy atom. The smallest absolute Gasteiger partial charge is 0.228 e. The molecule has 138 valence electrons. The lowest BCUT2D eigenvalue weighted by atomic mass is 10.00. The number of piperidine rings is 1. The Morgan fingerprint density at radius 3 is 2.84 bits per heavy atom. The Kier molecular flexibility index (Phi) is 6.57. The fraction of sp³-hybridized carbons (Fsp3) is 0.824. The Hall–Kier alpha value is -1.30. The molecule has 25 heavy (non-hydrogen) atoms. The van der Waals surface area contributed by atoms with Gasteiger partial charge in [-0.05, 0) is 31.6 Å². The van der Waals surface area contributed by atoms with Crippen LogP contribution in [0.1, 0.15) is 39.0 Å². The summed E-state index contributed by atoms with van der Waals surface area (Å²) in [6.45, 7) is 5.89. The molecule has 3 rings (SSSR count). The maximum atomic E-state index is 9.83. The lowest BCUT2D eigenvalue weighted by Crippen LogP contribution is -2.35. The van der Waals surface area contributed by atoms with E-state index in [1.54, 1.807) is 0 Å². The maximum absolute atomic E-state index is 9.83. The molecular weight excluding hydrogens is 338 g/mol. The van der Waals surface area contributed by atoms with Crippen molar-refractivity contribution in [2.45, 2.75) is 62.9 Å². The minimum atomic E-state index is -0.637. The van der Waals surface area contributed by atoms with Gasteiger partial charge < -0.3 is 14.7 Å². The first-order chi connectivity index (χ1) is 12.2. The van der Waals surface area contributed by atoms with Crippen LogP contribution in [0.25, 0.3) is 0 Å². The first kappa shape index (κ1) is 18.5. The van der Waals surface area contributed by atoms with Gasteiger partial charge in [-0.3, -0.25) is 4.57 Å². The van der Waals surface area contributed by atoms with E-state index in [0.29, 0.717) is 5.75 Å². The SMILES string of the molecule is CC1CCN(c2nnc(SC[C@H](O)CC#N)n2CC2CCCO2)CC1. The summed E-state index contributed by atoms with van der Waals surface area (Å²) in [6, 6.07) is 2.00. The van der Waals surface area contributed by atoms with E-state index in [9.17, 15) is 5.11 Å².